The van der Waals surface area contributed by atoms with Crippen molar-refractivity contribution in [1.82, 2.24) is 9.55 Å². The van der Waals surface area contributed by atoms with Gasteiger partial charge in [-0.3, -0.25) is 4.79 Å². The Morgan fingerprint density at radius 1 is 1.37 bits per heavy atom. The molecule has 0 saturated heterocycles. The second-order valence-electron chi connectivity index (χ2n) is 4.22. The van der Waals surface area contributed by atoms with Crippen LogP contribution in [0, 0.1) is 11.3 Å². The highest BCUT2D eigenvalue weighted by molar-refractivity contribution is 5.66. The Morgan fingerprint density at radius 2 is 2.11 bits per heavy atom. The van der Waals surface area contributed by atoms with E-state index in [0.29, 0.717) is 18.5 Å². The van der Waals surface area contributed by atoms with E-state index in [4.69, 9.17) is 10.4 Å². The van der Waals surface area contributed by atoms with E-state index in [-0.39, 0.29) is 6.42 Å². The van der Waals surface area contributed by atoms with Crippen LogP contribution in [0.3, 0.4) is 0 Å². The van der Waals surface area contributed by atoms with Gasteiger partial charge in [0.05, 0.1) is 24.4 Å². The van der Waals surface area contributed by atoms with E-state index in [9.17, 15) is 4.79 Å². The minimum absolute atomic E-state index is 0.0963. The first-order valence-corrected chi connectivity index (χ1v) is 5.89. The van der Waals surface area contributed by atoms with Gasteiger partial charge >= 0.3 is 5.97 Å². The second kappa shape index (κ2) is 5.83. The third-order valence-corrected chi connectivity index (χ3v) is 2.83. The van der Waals surface area contributed by atoms with Gasteiger partial charge in [-0.2, -0.15) is 5.26 Å². The van der Waals surface area contributed by atoms with Crippen LogP contribution in [-0.2, 0) is 17.8 Å². The van der Waals surface area contributed by atoms with E-state index >= 15 is 0 Å². The number of carboxylic acids is 1. The lowest BCUT2D eigenvalue weighted by Crippen LogP contribution is -2.06. The molecule has 1 aromatic carbocycles. The minimum Gasteiger partial charge on any atom is -0.481 e. The van der Waals surface area contributed by atoms with Crippen LogP contribution >= 0.6 is 0 Å². The molecule has 0 aliphatic carbocycles. The number of hydrogen-bond acceptors (Lipinski definition) is 3. The Kier molecular flexibility index (Phi) is 3.94. The zero-order valence-corrected chi connectivity index (χ0v) is 10.3. The Hall–Kier alpha value is -2.61. The fraction of sp³-hybridized carbons (Fsp3) is 0.214. The maximum Gasteiger partial charge on any atom is 0.303 e. The minimum atomic E-state index is -0.814. The van der Waals surface area contributed by atoms with Gasteiger partial charge in [-0.1, -0.05) is 12.1 Å². The fourth-order valence-electron chi connectivity index (χ4n) is 1.82. The van der Waals surface area contributed by atoms with E-state index < -0.39 is 5.97 Å². The summed E-state index contributed by atoms with van der Waals surface area (Å²) in [5.74, 6) is -0.814. The molecule has 2 aromatic rings. The molecule has 0 bridgehead atoms. The van der Waals surface area contributed by atoms with Crippen LogP contribution in [0.1, 0.15) is 23.2 Å². The number of benzene rings is 1. The number of carboxylic acid groups (broad SMARTS) is 1. The summed E-state index contributed by atoms with van der Waals surface area (Å²) in [5.41, 5.74) is 2.57. The summed E-state index contributed by atoms with van der Waals surface area (Å²) in [6.07, 6.45) is 3.94. The molecule has 0 fully saturated rings. The van der Waals surface area contributed by atoms with Gasteiger partial charge in [-0.25, -0.2) is 4.98 Å². The Labute approximate surface area is 110 Å². The van der Waals surface area contributed by atoms with Crippen molar-refractivity contribution in [3.05, 3.63) is 53.6 Å². The van der Waals surface area contributed by atoms with Gasteiger partial charge in [-0.15, -0.1) is 0 Å². The number of rotatable bonds is 5. The lowest BCUT2D eigenvalue weighted by molar-refractivity contribution is -0.136. The average Bonchev–Trinajstić information content (AvgIpc) is 2.84. The number of aromatic nitrogens is 2. The molecule has 0 atom stereocenters. The number of hydrogen-bond donors (Lipinski definition) is 1. The molecule has 1 heterocycles. The van der Waals surface area contributed by atoms with Crippen LogP contribution in [0.5, 0.6) is 0 Å². The first-order chi connectivity index (χ1) is 9.19. The molecule has 0 amide bonds. The standard InChI is InChI=1S/C14H13N3O2/c15-7-11-1-3-12(4-2-11)9-17-10-16-8-13(17)5-6-14(18)19/h1-4,8,10H,5-6,9H2,(H,18,19). The maximum atomic E-state index is 10.6. The number of imidazole rings is 1. The van der Waals surface area contributed by atoms with Crippen molar-refractivity contribution >= 4 is 5.97 Å². The summed E-state index contributed by atoms with van der Waals surface area (Å²) in [6, 6.07) is 9.38. The predicted molar refractivity (Wildman–Crippen MR) is 68.4 cm³/mol. The highest BCUT2D eigenvalue weighted by Crippen LogP contribution is 2.09. The molecule has 0 aliphatic rings. The molecule has 5 nitrogen and oxygen atoms in total. The van der Waals surface area contributed by atoms with Crippen molar-refractivity contribution in [2.75, 3.05) is 0 Å². The van der Waals surface area contributed by atoms with Gasteiger partial charge in [0.2, 0.25) is 0 Å². The monoisotopic (exact) mass is 255 g/mol. The zero-order chi connectivity index (χ0) is 13.7. The molecule has 19 heavy (non-hydrogen) atoms. The van der Waals surface area contributed by atoms with Crippen molar-refractivity contribution in [2.24, 2.45) is 0 Å². The third-order valence-electron chi connectivity index (χ3n) is 2.83. The quantitative estimate of drug-likeness (QED) is 0.883. The van der Waals surface area contributed by atoms with Gasteiger partial charge in [0.1, 0.15) is 0 Å². The molecule has 5 heteroatoms. The van der Waals surface area contributed by atoms with E-state index in [2.05, 4.69) is 11.1 Å². The van der Waals surface area contributed by atoms with E-state index in [1.54, 1.807) is 24.7 Å². The smallest absolute Gasteiger partial charge is 0.303 e. The SMILES string of the molecule is N#Cc1ccc(Cn2cncc2CCC(=O)O)cc1. The Bertz CT molecular complexity index is 608. The molecule has 0 saturated carbocycles. The largest absolute Gasteiger partial charge is 0.481 e. The van der Waals surface area contributed by atoms with Crippen LogP contribution in [0.4, 0.5) is 0 Å². The zero-order valence-electron chi connectivity index (χ0n) is 10.3. The summed E-state index contributed by atoms with van der Waals surface area (Å²) >= 11 is 0. The molecule has 0 spiro atoms. The molecule has 96 valence electrons. The molecule has 1 aromatic heterocycles. The van der Waals surface area contributed by atoms with Crippen molar-refractivity contribution < 1.29 is 9.90 Å². The number of aryl methyl sites for hydroxylation is 1. The molecule has 0 unspecified atom stereocenters. The fourth-order valence-corrected chi connectivity index (χ4v) is 1.82. The summed E-state index contributed by atoms with van der Waals surface area (Å²) in [4.78, 5) is 14.6. The van der Waals surface area contributed by atoms with Gasteiger partial charge in [0, 0.05) is 18.4 Å². The van der Waals surface area contributed by atoms with Crippen molar-refractivity contribution in [2.45, 2.75) is 19.4 Å². The molecule has 1 N–H and O–H groups in total. The number of carbonyl (C=O) groups is 1. The van der Waals surface area contributed by atoms with Gasteiger partial charge < -0.3 is 9.67 Å². The highest BCUT2D eigenvalue weighted by Gasteiger charge is 2.05. The van der Waals surface area contributed by atoms with Crippen molar-refractivity contribution in [3.8, 4) is 6.07 Å². The molecule has 0 radical (unpaired) electrons. The Balaban J connectivity index is 2.08. The van der Waals surface area contributed by atoms with Gasteiger partial charge in [-0.05, 0) is 24.1 Å². The van der Waals surface area contributed by atoms with E-state index in [0.717, 1.165) is 11.3 Å². The van der Waals surface area contributed by atoms with E-state index in [1.165, 1.54) is 0 Å². The third kappa shape index (κ3) is 3.42. The predicted octanol–water partition coefficient (Wildman–Crippen LogP) is 1.82. The molecule has 2 rings (SSSR count). The number of aliphatic carboxylic acids is 1. The molecule has 0 aliphatic heterocycles. The molecular formula is C14H13N3O2. The van der Waals surface area contributed by atoms with Crippen LogP contribution < -0.4 is 0 Å². The lowest BCUT2D eigenvalue weighted by Gasteiger charge is -2.07. The summed E-state index contributed by atoms with van der Waals surface area (Å²) in [5, 5.41) is 17.4. The van der Waals surface area contributed by atoms with Gasteiger partial charge in [0.15, 0.2) is 0 Å². The normalized spacial score (nSPS) is 10.1. The topological polar surface area (TPSA) is 78.9 Å². The second-order valence-corrected chi connectivity index (χ2v) is 4.22. The summed E-state index contributed by atoms with van der Waals surface area (Å²) < 4.78 is 1.92. The summed E-state index contributed by atoms with van der Waals surface area (Å²) in [6.45, 7) is 0.626. The van der Waals surface area contributed by atoms with Crippen LogP contribution in [0.2, 0.25) is 0 Å². The highest BCUT2D eigenvalue weighted by atomic mass is 16.4. The lowest BCUT2D eigenvalue weighted by atomic mass is 10.1. The molecular weight excluding hydrogens is 242 g/mol. The number of nitriles is 1. The van der Waals surface area contributed by atoms with Crippen molar-refractivity contribution in [3.63, 3.8) is 0 Å². The van der Waals surface area contributed by atoms with Crippen LogP contribution in [0.15, 0.2) is 36.8 Å². The van der Waals surface area contributed by atoms with Gasteiger partial charge in [0.25, 0.3) is 0 Å². The summed E-state index contributed by atoms with van der Waals surface area (Å²) in [7, 11) is 0. The van der Waals surface area contributed by atoms with E-state index in [1.807, 2.05) is 16.7 Å². The van der Waals surface area contributed by atoms with Crippen LogP contribution in [-0.4, -0.2) is 20.6 Å². The maximum absolute atomic E-state index is 10.6. The first-order valence-electron chi connectivity index (χ1n) is 5.89. The number of nitrogens with zero attached hydrogens (tertiary/aromatic N) is 3. The van der Waals surface area contributed by atoms with Crippen molar-refractivity contribution in [1.29, 1.82) is 5.26 Å². The Morgan fingerprint density at radius 3 is 2.74 bits per heavy atom. The first kappa shape index (κ1) is 12.8. The van der Waals surface area contributed by atoms with Crippen LogP contribution in [0.25, 0.3) is 0 Å². The average molecular weight is 255 g/mol.